The first kappa shape index (κ1) is 8.21. The number of H-pyrrole nitrogens is 1. The van der Waals surface area contributed by atoms with E-state index in [1.807, 2.05) is 0 Å². The van der Waals surface area contributed by atoms with Gasteiger partial charge in [-0.05, 0) is 6.07 Å². The second-order valence-corrected chi connectivity index (χ2v) is 1.23. The Labute approximate surface area is 79.9 Å². The van der Waals surface area contributed by atoms with Gasteiger partial charge in [0, 0.05) is 12.3 Å². The molecule has 40 valence electrons. The minimum absolute atomic E-state index is 0. The standard InChI is InChI=1S/C5H5NO.Ca.2H/c7-5-3-1-2-4-6-5;;;/h1-4H,(H,6,7);;;/q;+2;2*-1. The maximum absolute atomic E-state index is 10.2. The van der Waals surface area contributed by atoms with Gasteiger partial charge >= 0.3 is 37.7 Å². The van der Waals surface area contributed by atoms with Crippen LogP contribution in [-0.2, 0) is 0 Å². The SMILES string of the molecule is O=c1cccc[nH]1.[Ca+2].[H-].[H-]. The Kier molecular flexibility index (Phi) is 4.23. The maximum Gasteiger partial charge on any atom is 2.00 e. The van der Waals surface area contributed by atoms with Crippen LogP contribution in [0.3, 0.4) is 0 Å². The molecule has 0 aliphatic rings. The topological polar surface area (TPSA) is 32.9 Å². The molecule has 1 aromatic heterocycles. The van der Waals surface area contributed by atoms with Crippen molar-refractivity contribution < 1.29 is 2.85 Å². The van der Waals surface area contributed by atoms with Gasteiger partial charge in [0.25, 0.3) is 0 Å². The number of aromatic amines is 1. The minimum Gasteiger partial charge on any atom is -1.00 e. The molecule has 0 aliphatic heterocycles. The quantitative estimate of drug-likeness (QED) is 0.510. The van der Waals surface area contributed by atoms with Crippen molar-refractivity contribution in [1.82, 2.24) is 4.98 Å². The molecule has 0 bridgehead atoms. The molecule has 8 heavy (non-hydrogen) atoms. The summed E-state index contributed by atoms with van der Waals surface area (Å²) in [5.41, 5.74) is -0.0532. The average Bonchev–Trinajstić information content (AvgIpc) is 1.69. The molecule has 0 atom stereocenters. The monoisotopic (exact) mass is 137 g/mol. The molecule has 1 aromatic rings. The smallest absolute Gasteiger partial charge is 1.00 e. The number of hydrogen-bond donors (Lipinski definition) is 1. The van der Waals surface area contributed by atoms with E-state index in [9.17, 15) is 4.79 Å². The maximum atomic E-state index is 10.2. The van der Waals surface area contributed by atoms with Crippen LogP contribution in [0.5, 0.6) is 0 Å². The van der Waals surface area contributed by atoms with Crippen molar-refractivity contribution in [2.75, 3.05) is 0 Å². The number of nitrogens with one attached hydrogen (secondary N) is 1. The van der Waals surface area contributed by atoms with Crippen molar-refractivity contribution in [1.29, 1.82) is 0 Å². The number of aromatic nitrogens is 1. The Morgan fingerprint density at radius 3 is 2.50 bits per heavy atom. The number of pyridine rings is 1. The normalized spacial score (nSPS) is 7.50. The Bertz CT molecular complexity index is 185. The molecular formula is C5H7CaNO. The first-order chi connectivity index (χ1) is 3.39. The van der Waals surface area contributed by atoms with Gasteiger partial charge in [0.05, 0.1) is 0 Å². The number of hydrogen-bond acceptors (Lipinski definition) is 1. The first-order valence-electron chi connectivity index (χ1n) is 2.03. The second kappa shape index (κ2) is 4.12. The van der Waals surface area contributed by atoms with Gasteiger partial charge < -0.3 is 7.84 Å². The third kappa shape index (κ3) is 2.50. The fraction of sp³-hybridized carbons (Fsp3) is 0. The zero-order valence-corrected chi connectivity index (χ0v) is 6.63. The van der Waals surface area contributed by atoms with E-state index in [4.69, 9.17) is 0 Å². The summed E-state index contributed by atoms with van der Waals surface area (Å²) in [5.74, 6) is 0. The van der Waals surface area contributed by atoms with Crippen LogP contribution in [0.2, 0.25) is 0 Å². The molecule has 0 saturated carbocycles. The fourth-order valence-electron chi connectivity index (χ4n) is 0.377. The summed E-state index contributed by atoms with van der Waals surface area (Å²) in [6.45, 7) is 0. The Morgan fingerprint density at radius 2 is 2.25 bits per heavy atom. The van der Waals surface area contributed by atoms with Crippen LogP contribution in [0.15, 0.2) is 29.2 Å². The van der Waals surface area contributed by atoms with Crippen LogP contribution < -0.4 is 5.56 Å². The van der Waals surface area contributed by atoms with Gasteiger partial charge in [-0.1, -0.05) is 6.07 Å². The molecule has 2 nitrogen and oxygen atoms in total. The fourth-order valence-corrected chi connectivity index (χ4v) is 0.377. The average molecular weight is 137 g/mol. The molecule has 1 heterocycles. The van der Waals surface area contributed by atoms with Crippen LogP contribution in [0.4, 0.5) is 0 Å². The molecule has 3 heteroatoms. The van der Waals surface area contributed by atoms with Gasteiger partial charge in [-0.15, -0.1) is 0 Å². The van der Waals surface area contributed by atoms with Crippen molar-refractivity contribution in [2.24, 2.45) is 0 Å². The predicted octanol–water partition coefficient (Wildman–Crippen LogP) is 0.219. The van der Waals surface area contributed by atoms with Crippen LogP contribution >= 0.6 is 0 Å². The third-order valence-corrected chi connectivity index (χ3v) is 0.681. The van der Waals surface area contributed by atoms with Crippen molar-refractivity contribution in [3.05, 3.63) is 34.7 Å². The molecule has 0 spiro atoms. The van der Waals surface area contributed by atoms with Gasteiger partial charge in [-0.2, -0.15) is 0 Å². The number of rotatable bonds is 0. The van der Waals surface area contributed by atoms with Crippen molar-refractivity contribution in [2.45, 2.75) is 0 Å². The van der Waals surface area contributed by atoms with Gasteiger partial charge in [0.15, 0.2) is 0 Å². The van der Waals surface area contributed by atoms with Gasteiger partial charge in [0.2, 0.25) is 5.56 Å². The van der Waals surface area contributed by atoms with Crippen LogP contribution in [0.25, 0.3) is 0 Å². The van der Waals surface area contributed by atoms with Gasteiger partial charge in [-0.25, -0.2) is 0 Å². The van der Waals surface area contributed by atoms with Gasteiger partial charge in [-0.3, -0.25) is 4.79 Å². The van der Waals surface area contributed by atoms with Crippen molar-refractivity contribution >= 4 is 37.7 Å². The molecule has 0 aliphatic carbocycles. The third-order valence-electron chi connectivity index (χ3n) is 0.681. The molecule has 0 unspecified atom stereocenters. The zero-order valence-electron chi connectivity index (χ0n) is 6.42. The van der Waals surface area contributed by atoms with Crippen LogP contribution in [0, 0.1) is 0 Å². The predicted molar refractivity (Wildman–Crippen MR) is 35.0 cm³/mol. The Hall–Kier alpha value is 0.210. The van der Waals surface area contributed by atoms with E-state index in [-0.39, 0.29) is 46.2 Å². The summed E-state index contributed by atoms with van der Waals surface area (Å²) >= 11 is 0. The van der Waals surface area contributed by atoms with Crippen LogP contribution in [0.1, 0.15) is 2.85 Å². The summed E-state index contributed by atoms with van der Waals surface area (Å²) in [5, 5.41) is 0. The van der Waals surface area contributed by atoms with E-state index in [2.05, 4.69) is 4.98 Å². The summed E-state index contributed by atoms with van der Waals surface area (Å²) < 4.78 is 0. The molecular weight excluding hydrogens is 130 g/mol. The van der Waals surface area contributed by atoms with E-state index < -0.39 is 0 Å². The van der Waals surface area contributed by atoms with Gasteiger partial charge in [0.1, 0.15) is 0 Å². The van der Waals surface area contributed by atoms with E-state index in [0.717, 1.165) is 0 Å². The van der Waals surface area contributed by atoms with E-state index >= 15 is 0 Å². The molecule has 1 N–H and O–H groups in total. The Balaban J connectivity index is -0.000000163. The first-order valence-corrected chi connectivity index (χ1v) is 2.03. The summed E-state index contributed by atoms with van der Waals surface area (Å²) in [6, 6.07) is 4.93. The summed E-state index contributed by atoms with van der Waals surface area (Å²) in [6.07, 6.45) is 1.60. The molecule has 0 radical (unpaired) electrons. The van der Waals surface area contributed by atoms with Crippen molar-refractivity contribution in [3.63, 3.8) is 0 Å². The molecule has 0 saturated heterocycles. The molecule has 1 rings (SSSR count). The van der Waals surface area contributed by atoms with E-state index in [1.54, 1.807) is 18.3 Å². The molecule has 0 aromatic carbocycles. The summed E-state index contributed by atoms with van der Waals surface area (Å²) in [4.78, 5) is 12.7. The zero-order chi connectivity index (χ0) is 5.11. The largest absolute Gasteiger partial charge is 2.00 e. The second-order valence-electron chi connectivity index (χ2n) is 1.23. The van der Waals surface area contributed by atoms with E-state index in [0.29, 0.717) is 0 Å². The Morgan fingerprint density at radius 1 is 1.50 bits per heavy atom. The van der Waals surface area contributed by atoms with Crippen LogP contribution in [-0.4, -0.2) is 42.7 Å². The molecule has 0 amide bonds. The van der Waals surface area contributed by atoms with E-state index in [1.165, 1.54) is 6.07 Å². The molecule has 0 fully saturated rings. The summed E-state index contributed by atoms with van der Waals surface area (Å²) in [7, 11) is 0. The van der Waals surface area contributed by atoms with Crippen molar-refractivity contribution in [3.8, 4) is 0 Å². The minimum atomic E-state index is -0.0532.